The summed E-state index contributed by atoms with van der Waals surface area (Å²) in [5.74, 6) is -0.898. The number of pyridine rings is 1. The molecule has 0 spiro atoms. The Morgan fingerprint density at radius 2 is 2.33 bits per heavy atom. The van der Waals surface area contributed by atoms with Gasteiger partial charge in [0, 0.05) is 5.69 Å². The lowest BCUT2D eigenvalue weighted by Gasteiger charge is -2.08. The summed E-state index contributed by atoms with van der Waals surface area (Å²) >= 11 is 1.12. The molecule has 0 saturated heterocycles. The van der Waals surface area contributed by atoms with Crippen LogP contribution in [0, 0.1) is 11.3 Å². The lowest BCUT2D eigenvalue weighted by atomic mass is 10.2. The second-order valence-corrected chi connectivity index (χ2v) is 5.30. The summed E-state index contributed by atoms with van der Waals surface area (Å²) in [4.78, 5) is 15.2. The van der Waals surface area contributed by atoms with Crippen LogP contribution in [0.4, 0.5) is 0 Å². The molecular formula is C13H16N2O2S. The van der Waals surface area contributed by atoms with E-state index in [9.17, 15) is 4.79 Å². The molecule has 1 unspecified atom stereocenters. The minimum atomic E-state index is -0.898. The molecule has 1 atom stereocenters. The molecule has 5 heteroatoms. The molecule has 18 heavy (non-hydrogen) atoms. The highest BCUT2D eigenvalue weighted by Crippen LogP contribution is 2.25. The number of unbranched alkanes of at least 4 members (excludes halogenated alkanes) is 1. The number of hydrogen-bond acceptors (Lipinski definition) is 4. The van der Waals surface area contributed by atoms with Crippen molar-refractivity contribution < 1.29 is 9.90 Å². The van der Waals surface area contributed by atoms with Gasteiger partial charge in [0.2, 0.25) is 0 Å². The smallest absolute Gasteiger partial charge is 0.316 e. The van der Waals surface area contributed by atoms with Crippen LogP contribution in [0.3, 0.4) is 0 Å². The number of hydrogen-bond donors (Lipinski definition) is 1. The number of carbonyl (C=O) groups is 1. The van der Waals surface area contributed by atoms with Gasteiger partial charge in [-0.25, -0.2) is 4.98 Å². The number of aromatic nitrogens is 1. The maximum Gasteiger partial charge on any atom is 0.316 e. The van der Waals surface area contributed by atoms with Gasteiger partial charge >= 0.3 is 5.97 Å². The van der Waals surface area contributed by atoms with Crippen molar-refractivity contribution in [1.82, 2.24) is 4.98 Å². The van der Waals surface area contributed by atoms with Gasteiger partial charge in [0.25, 0.3) is 0 Å². The Morgan fingerprint density at radius 1 is 1.61 bits per heavy atom. The van der Waals surface area contributed by atoms with Crippen LogP contribution in [0.15, 0.2) is 17.2 Å². The van der Waals surface area contributed by atoms with Crippen LogP contribution in [-0.2, 0) is 11.2 Å². The topological polar surface area (TPSA) is 74.0 Å². The number of nitrogens with zero attached hydrogens (tertiary/aromatic N) is 2. The predicted molar refractivity (Wildman–Crippen MR) is 70.5 cm³/mol. The van der Waals surface area contributed by atoms with Gasteiger partial charge in [-0.2, -0.15) is 5.26 Å². The zero-order valence-electron chi connectivity index (χ0n) is 10.5. The molecule has 4 nitrogen and oxygen atoms in total. The van der Waals surface area contributed by atoms with Gasteiger partial charge in [-0.3, -0.25) is 4.79 Å². The van der Waals surface area contributed by atoms with E-state index in [1.165, 1.54) is 0 Å². The third-order valence-corrected chi connectivity index (χ3v) is 3.55. The normalized spacial score (nSPS) is 11.8. The van der Waals surface area contributed by atoms with E-state index in [0.717, 1.165) is 36.7 Å². The van der Waals surface area contributed by atoms with Crippen molar-refractivity contribution in [2.75, 3.05) is 0 Å². The highest BCUT2D eigenvalue weighted by atomic mass is 32.2. The maximum absolute atomic E-state index is 10.8. The second kappa shape index (κ2) is 7.02. The van der Waals surface area contributed by atoms with Crippen LogP contribution in [-0.4, -0.2) is 21.3 Å². The molecule has 0 aromatic carbocycles. The molecule has 0 aliphatic carbocycles. The van der Waals surface area contributed by atoms with Gasteiger partial charge in [0.15, 0.2) is 0 Å². The van der Waals surface area contributed by atoms with Crippen LogP contribution in [0.25, 0.3) is 0 Å². The standard InChI is InChI=1S/C13H16N2O2S/c1-3-4-5-11-7-6-10(8-14)12(15-11)18-9(2)13(16)17/h6-7,9H,3-5H2,1-2H3,(H,16,17). The molecule has 0 fully saturated rings. The molecule has 0 saturated carbocycles. The summed E-state index contributed by atoms with van der Waals surface area (Å²) < 4.78 is 0. The van der Waals surface area contributed by atoms with Crippen molar-refractivity contribution in [3.8, 4) is 6.07 Å². The van der Waals surface area contributed by atoms with Crippen molar-refractivity contribution in [2.24, 2.45) is 0 Å². The lowest BCUT2D eigenvalue weighted by molar-refractivity contribution is -0.136. The molecule has 0 amide bonds. The highest BCUT2D eigenvalue weighted by Gasteiger charge is 2.16. The summed E-state index contributed by atoms with van der Waals surface area (Å²) in [6.07, 6.45) is 2.98. The third-order valence-electron chi connectivity index (χ3n) is 2.46. The molecule has 96 valence electrons. The van der Waals surface area contributed by atoms with Crippen molar-refractivity contribution >= 4 is 17.7 Å². The van der Waals surface area contributed by atoms with E-state index in [4.69, 9.17) is 10.4 Å². The first-order valence-electron chi connectivity index (χ1n) is 5.88. The van der Waals surface area contributed by atoms with Crippen molar-refractivity contribution in [1.29, 1.82) is 5.26 Å². The summed E-state index contributed by atoms with van der Waals surface area (Å²) in [5, 5.41) is 17.8. The Hall–Kier alpha value is -1.54. The number of thioether (sulfide) groups is 1. The molecule has 1 rings (SSSR count). The maximum atomic E-state index is 10.8. The van der Waals surface area contributed by atoms with Gasteiger partial charge < -0.3 is 5.11 Å². The molecule has 1 heterocycles. The van der Waals surface area contributed by atoms with Crippen molar-refractivity contribution in [3.63, 3.8) is 0 Å². The number of carboxylic acid groups (broad SMARTS) is 1. The minimum Gasteiger partial charge on any atom is -0.480 e. The first-order chi connectivity index (χ1) is 8.58. The number of aryl methyl sites for hydroxylation is 1. The SMILES string of the molecule is CCCCc1ccc(C#N)c(SC(C)C(=O)O)n1. The summed E-state index contributed by atoms with van der Waals surface area (Å²) in [6.45, 7) is 3.69. The van der Waals surface area contributed by atoms with E-state index in [-0.39, 0.29) is 0 Å². The van der Waals surface area contributed by atoms with Gasteiger partial charge in [0.1, 0.15) is 16.3 Å². The minimum absolute atomic E-state index is 0.438. The van der Waals surface area contributed by atoms with Gasteiger partial charge in [-0.15, -0.1) is 0 Å². The monoisotopic (exact) mass is 264 g/mol. The molecule has 1 N–H and O–H groups in total. The zero-order valence-corrected chi connectivity index (χ0v) is 11.3. The molecule has 0 aliphatic rings. The predicted octanol–water partition coefficient (Wildman–Crippen LogP) is 2.86. The van der Waals surface area contributed by atoms with E-state index in [0.29, 0.717) is 10.6 Å². The Morgan fingerprint density at radius 3 is 2.89 bits per heavy atom. The van der Waals surface area contributed by atoms with Crippen LogP contribution in [0.1, 0.15) is 37.9 Å². The zero-order chi connectivity index (χ0) is 13.5. The van der Waals surface area contributed by atoms with E-state index >= 15 is 0 Å². The molecule has 1 aromatic rings. The average Bonchev–Trinajstić information content (AvgIpc) is 2.36. The largest absolute Gasteiger partial charge is 0.480 e. The summed E-state index contributed by atoms with van der Waals surface area (Å²) in [5.41, 5.74) is 1.35. The molecule has 0 bridgehead atoms. The molecular weight excluding hydrogens is 248 g/mol. The van der Waals surface area contributed by atoms with Crippen LogP contribution >= 0.6 is 11.8 Å². The van der Waals surface area contributed by atoms with Crippen molar-refractivity contribution in [2.45, 2.75) is 43.4 Å². The first-order valence-corrected chi connectivity index (χ1v) is 6.76. The quantitative estimate of drug-likeness (QED) is 0.800. The third kappa shape index (κ3) is 4.04. The Kier molecular flexibility index (Phi) is 5.66. The van der Waals surface area contributed by atoms with Gasteiger partial charge in [0.05, 0.1) is 5.56 Å². The summed E-state index contributed by atoms with van der Waals surface area (Å²) in [7, 11) is 0. The average molecular weight is 264 g/mol. The van der Waals surface area contributed by atoms with Crippen LogP contribution in [0.5, 0.6) is 0 Å². The lowest BCUT2D eigenvalue weighted by Crippen LogP contribution is -2.12. The first kappa shape index (κ1) is 14.5. The Labute approximate surface area is 111 Å². The number of aliphatic carboxylic acids is 1. The van der Waals surface area contributed by atoms with E-state index in [1.807, 2.05) is 12.1 Å². The second-order valence-electron chi connectivity index (χ2n) is 3.97. The fraction of sp³-hybridized carbons (Fsp3) is 0.462. The number of carboxylic acids is 1. The number of nitriles is 1. The van der Waals surface area contributed by atoms with E-state index < -0.39 is 11.2 Å². The van der Waals surface area contributed by atoms with Crippen LogP contribution in [0.2, 0.25) is 0 Å². The van der Waals surface area contributed by atoms with E-state index in [2.05, 4.69) is 11.9 Å². The van der Waals surface area contributed by atoms with E-state index in [1.54, 1.807) is 13.0 Å². The molecule has 0 radical (unpaired) electrons. The highest BCUT2D eigenvalue weighted by molar-refractivity contribution is 8.00. The van der Waals surface area contributed by atoms with Crippen LogP contribution < -0.4 is 0 Å². The van der Waals surface area contributed by atoms with Gasteiger partial charge in [-0.1, -0.05) is 25.1 Å². The van der Waals surface area contributed by atoms with Gasteiger partial charge in [-0.05, 0) is 31.9 Å². The number of rotatable bonds is 6. The Bertz CT molecular complexity index is 469. The summed E-state index contributed by atoms with van der Waals surface area (Å²) in [6, 6.07) is 5.60. The fourth-order valence-corrected chi connectivity index (χ4v) is 2.21. The molecule has 1 aromatic heterocycles. The van der Waals surface area contributed by atoms with Crippen molar-refractivity contribution in [3.05, 3.63) is 23.4 Å². The fourth-order valence-electron chi connectivity index (χ4n) is 1.37. The Balaban J connectivity index is 2.92. The molecule has 0 aliphatic heterocycles.